The van der Waals surface area contributed by atoms with E-state index in [4.69, 9.17) is 4.74 Å². The first-order valence-corrected chi connectivity index (χ1v) is 3.42. The summed E-state index contributed by atoms with van der Waals surface area (Å²) >= 11 is 0. The zero-order chi connectivity index (χ0) is 8.27. The summed E-state index contributed by atoms with van der Waals surface area (Å²) in [4.78, 5) is 3.86. The summed E-state index contributed by atoms with van der Waals surface area (Å²) in [6, 6.07) is 3.47. The molecule has 0 aromatic carbocycles. The van der Waals surface area contributed by atoms with Crippen molar-refractivity contribution in [1.82, 2.24) is 4.98 Å². The Labute approximate surface area is 65.0 Å². The quantitative estimate of drug-likeness (QED) is 0.652. The van der Waals surface area contributed by atoms with Crippen LogP contribution in [-0.2, 0) is 0 Å². The van der Waals surface area contributed by atoms with Gasteiger partial charge in [-0.2, -0.15) is 0 Å². The second-order valence-electron chi connectivity index (χ2n) is 2.33. The predicted molar refractivity (Wildman–Crippen MR) is 40.2 cm³/mol. The van der Waals surface area contributed by atoms with Crippen molar-refractivity contribution in [2.45, 2.75) is 20.2 Å². The molecule has 1 unspecified atom stereocenters. The number of pyridine rings is 1. The van der Waals surface area contributed by atoms with E-state index in [2.05, 4.69) is 4.98 Å². The Hall–Kier alpha value is -1.12. The third kappa shape index (κ3) is 2.53. The fourth-order valence-corrected chi connectivity index (χ4v) is 0.690. The highest BCUT2D eigenvalue weighted by Gasteiger charge is 1.99. The molecule has 1 aromatic rings. The van der Waals surface area contributed by atoms with E-state index >= 15 is 0 Å². The van der Waals surface area contributed by atoms with Gasteiger partial charge in [0.15, 0.2) is 0 Å². The molecule has 1 rings (SSSR count). The second kappa shape index (κ2) is 3.32. The third-order valence-electron chi connectivity index (χ3n) is 1.17. The normalized spacial score (nSPS) is 12.6. The molecule has 0 aliphatic carbocycles. The van der Waals surface area contributed by atoms with E-state index in [9.17, 15) is 4.39 Å². The van der Waals surface area contributed by atoms with E-state index in [0.29, 0.717) is 5.88 Å². The predicted octanol–water partition coefficient (Wildman–Crippen LogP) is 2.08. The van der Waals surface area contributed by atoms with E-state index in [1.54, 1.807) is 12.3 Å². The molecule has 0 fully saturated rings. The molecule has 1 aromatic heterocycles. The summed E-state index contributed by atoms with van der Waals surface area (Å²) in [7, 11) is 0. The van der Waals surface area contributed by atoms with E-state index in [0.717, 1.165) is 5.56 Å². The first-order valence-electron chi connectivity index (χ1n) is 3.42. The van der Waals surface area contributed by atoms with Gasteiger partial charge in [0.1, 0.15) is 0 Å². The van der Waals surface area contributed by atoms with Crippen LogP contribution >= 0.6 is 0 Å². The van der Waals surface area contributed by atoms with Gasteiger partial charge in [0.2, 0.25) is 12.2 Å². The Kier molecular flexibility index (Phi) is 2.41. The number of hydrogen-bond acceptors (Lipinski definition) is 2. The molecular formula is C8H10FNO. The van der Waals surface area contributed by atoms with Crippen molar-refractivity contribution in [2.75, 3.05) is 0 Å². The molecule has 11 heavy (non-hydrogen) atoms. The zero-order valence-electron chi connectivity index (χ0n) is 6.54. The molecule has 0 aliphatic rings. The van der Waals surface area contributed by atoms with Crippen LogP contribution in [-0.4, -0.2) is 11.3 Å². The van der Waals surface area contributed by atoms with Crippen molar-refractivity contribution in [2.24, 2.45) is 0 Å². The summed E-state index contributed by atoms with van der Waals surface area (Å²) in [5, 5.41) is 0. The average Bonchev–Trinajstić information content (AvgIpc) is 1.93. The third-order valence-corrected chi connectivity index (χ3v) is 1.17. The Balaban J connectivity index is 2.66. The molecule has 1 heterocycles. The fourth-order valence-electron chi connectivity index (χ4n) is 0.690. The largest absolute Gasteiger partial charge is 0.444 e. The molecule has 0 bridgehead atoms. The van der Waals surface area contributed by atoms with Gasteiger partial charge in [-0.15, -0.1) is 0 Å². The molecule has 0 amide bonds. The number of rotatable bonds is 2. The zero-order valence-corrected chi connectivity index (χ0v) is 6.54. The Bertz CT molecular complexity index is 220. The molecule has 0 saturated carbocycles. The van der Waals surface area contributed by atoms with Gasteiger partial charge < -0.3 is 4.74 Å². The van der Waals surface area contributed by atoms with Gasteiger partial charge in [0.25, 0.3) is 0 Å². The van der Waals surface area contributed by atoms with Crippen LogP contribution in [0.4, 0.5) is 4.39 Å². The standard InChI is InChI=1S/C8H10FNO/c1-6-3-4-8(10-5-6)11-7(2)9/h3-5,7H,1-2H3. The van der Waals surface area contributed by atoms with Crippen LogP contribution in [0, 0.1) is 6.92 Å². The Morgan fingerprint density at radius 1 is 1.55 bits per heavy atom. The number of aromatic nitrogens is 1. The number of aryl methyl sites for hydroxylation is 1. The van der Waals surface area contributed by atoms with Gasteiger partial charge in [0.05, 0.1) is 0 Å². The molecule has 0 saturated heterocycles. The second-order valence-corrected chi connectivity index (χ2v) is 2.33. The summed E-state index contributed by atoms with van der Waals surface area (Å²) in [6.45, 7) is 3.23. The molecule has 0 aliphatic heterocycles. The van der Waals surface area contributed by atoms with E-state index in [1.807, 2.05) is 13.0 Å². The van der Waals surface area contributed by atoms with Crippen LogP contribution in [0.25, 0.3) is 0 Å². The van der Waals surface area contributed by atoms with Gasteiger partial charge in [-0.05, 0) is 12.5 Å². The molecule has 0 radical (unpaired) electrons. The minimum absolute atomic E-state index is 0.325. The van der Waals surface area contributed by atoms with Crippen LogP contribution in [0.2, 0.25) is 0 Å². The fraction of sp³-hybridized carbons (Fsp3) is 0.375. The molecule has 60 valence electrons. The Morgan fingerprint density at radius 2 is 2.27 bits per heavy atom. The summed E-state index contributed by atoms with van der Waals surface area (Å²) in [5.74, 6) is 0.325. The Morgan fingerprint density at radius 3 is 2.73 bits per heavy atom. The summed E-state index contributed by atoms with van der Waals surface area (Å²) in [5.41, 5.74) is 1.03. The van der Waals surface area contributed by atoms with Gasteiger partial charge in [0, 0.05) is 19.2 Å². The average molecular weight is 155 g/mol. The van der Waals surface area contributed by atoms with E-state index < -0.39 is 6.36 Å². The minimum atomic E-state index is -1.30. The lowest BCUT2D eigenvalue weighted by Gasteiger charge is -2.04. The van der Waals surface area contributed by atoms with Crippen LogP contribution in [0.3, 0.4) is 0 Å². The minimum Gasteiger partial charge on any atom is -0.444 e. The van der Waals surface area contributed by atoms with Crippen LogP contribution in [0.1, 0.15) is 12.5 Å². The maximum atomic E-state index is 12.2. The maximum Gasteiger partial charge on any atom is 0.237 e. The highest BCUT2D eigenvalue weighted by Crippen LogP contribution is 2.08. The summed E-state index contributed by atoms with van der Waals surface area (Å²) < 4.78 is 16.9. The molecule has 3 heteroatoms. The molecule has 0 spiro atoms. The number of halogens is 1. The van der Waals surface area contributed by atoms with E-state index in [-0.39, 0.29) is 0 Å². The highest BCUT2D eigenvalue weighted by atomic mass is 19.1. The molecular weight excluding hydrogens is 145 g/mol. The monoisotopic (exact) mass is 155 g/mol. The van der Waals surface area contributed by atoms with Crippen molar-refractivity contribution in [3.8, 4) is 5.88 Å². The molecule has 0 N–H and O–H groups in total. The number of hydrogen-bond donors (Lipinski definition) is 0. The molecule has 2 nitrogen and oxygen atoms in total. The topological polar surface area (TPSA) is 22.1 Å². The lowest BCUT2D eigenvalue weighted by atomic mass is 10.3. The SMILES string of the molecule is Cc1ccc(OC(C)F)nc1. The highest BCUT2D eigenvalue weighted by molar-refractivity contribution is 5.16. The van der Waals surface area contributed by atoms with Crippen LogP contribution in [0.5, 0.6) is 5.88 Å². The number of ether oxygens (including phenoxy) is 1. The van der Waals surface area contributed by atoms with Crippen LogP contribution in [0.15, 0.2) is 18.3 Å². The summed E-state index contributed by atoms with van der Waals surface area (Å²) in [6.07, 6.45) is 0.336. The van der Waals surface area contributed by atoms with Crippen molar-refractivity contribution in [3.63, 3.8) is 0 Å². The van der Waals surface area contributed by atoms with Gasteiger partial charge >= 0.3 is 0 Å². The van der Waals surface area contributed by atoms with Gasteiger partial charge in [-0.25, -0.2) is 9.37 Å². The van der Waals surface area contributed by atoms with Crippen LogP contribution < -0.4 is 4.74 Å². The molecule has 1 atom stereocenters. The maximum absolute atomic E-state index is 12.2. The van der Waals surface area contributed by atoms with Crippen molar-refractivity contribution in [3.05, 3.63) is 23.9 Å². The number of nitrogens with zero attached hydrogens (tertiary/aromatic N) is 1. The van der Waals surface area contributed by atoms with Gasteiger partial charge in [-0.3, -0.25) is 0 Å². The lowest BCUT2D eigenvalue weighted by molar-refractivity contribution is 0.0809. The van der Waals surface area contributed by atoms with Crippen molar-refractivity contribution in [1.29, 1.82) is 0 Å². The number of alkyl halides is 1. The van der Waals surface area contributed by atoms with E-state index in [1.165, 1.54) is 6.92 Å². The first-order chi connectivity index (χ1) is 5.18. The van der Waals surface area contributed by atoms with Crippen molar-refractivity contribution >= 4 is 0 Å². The van der Waals surface area contributed by atoms with Gasteiger partial charge in [-0.1, -0.05) is 6.07 Å². The van der Waals surface area contributed by atoms with Crippen molar-refractivity contribution < 1.29 is 9.13 Å². The lowest BCUT2D eigenvalue weighted by Crippen LogP contribution is -2.04. The smallest absolute Gasteiger partial charge is 0.237 e. The first kappa shape index (κ1) is 7.98.